The lowest BCUT2D eigenvalue weighted by atomic mass is 10.1. The molecule has 0 bridgehead atoms. The van der Waals surface area contributed by atoms with Gasteiger partial charge in [0.05, 0.1) is 22.6 Å². The summed E-state index contributed by atoms with van der Waals surface area (Å²) >= 11 is 6.19. The number of nitrogens with zero attached hydrogens (tertiary/aromatic N) is 3. The number of pyridine rings is 1. The van der Waals surface area contributed by atoms with Crippen molar-refractivity contribution in [2.75, 3.05) is 37.4 Å². The number of hydrogen-bond donors (Lipinski definition) is 1. The Balaban J connectivity index is 1.49. The Morgan fingerprint density at radius 1 is 1.13 bits per heavy atom. The standard InChI is InChI=1S/C24H27ClN4O/c1-28-15-5-6-18(17-28)27-22-13-14-26-16-23(22)29(2)19-9-11-20(12-10-19)30-24-8-4-3-7-21(24)25/h3-4,7-14,16,18H,5-6,15,17H2,1-2H3,(H,26,27). The molecule has 2 aromatic carbocycles. The highest BCUT2D eigenvalue weighted by atomic mass is 35.5. The predicted molar refractivity (Wildman–Crippen MR) is 124 cm³/mol. The van der Waals surface area contributed by atoms with Gasteiger partial charge >= 0.3 is 0 Å². The first kappa shape index (κ1) is 20.5. The molecule has 1 unspecified atom stereocenters. The third-order valence-electron chi connectivity index (χ3n) is 5.43. The number of para-hydroxylation sites is 1. The van der Waals surface area contributed by atoms with Crippen LogP contribution in [0.2, 0.25) is 5.02 Å². The molecule has 156 valence electrons. The number of likely N-dealkylation sites (N-methyl/N-ethyl adjacent to an activating group) is 1. The van der Waals surface area contributed by atoms with Crippen molar-refractivity contribution in [3.8, 4) is 11.5 Å². The summed E-state index contributed by atoms with van der Waals surface area (Å²) in [6.45, 7) is 2.23. The molecule has 4 rings (SSSR count). The van der Waals surface area contributed by atoms with Gasteiger partial charge in [-0.2, -0.15) is 0 Å². The maximum absolute atomic E-state index is 6.19. The number of aromatic nitrogens is 1. The summed E-state index contributed by atoms with van der Waals surface area (Å²) in [5.74, 6) is 1.39. The van der Waals surface area contributed by atoms with Gasteiger partial charge in [-0.05, 0) is 68.9 Å². The third-order valence-corrected chi connectivity index (χ3v) is 5.75. The molecular weight excluding hydrogens is 396 g/mol. The van der Waals surface area contributed by atoms with Crippen LogP contribution in [0.1, 0.15) is 12.8 Å². The van der Waals surface area contributed by atoms with Crippen LogP contribution in [0.3, 0.4) is 0 Å². The van der Waals surface area contributed by atoms with E-state index in [1.54, 1.807) is 0 Å². The van der Waals surface area contributed by atoms with E-state index in [4.69, 9.17) is 16.3 Å². The quantitative estimate of drug-likeness (QED) is 0.543. The van der Waals surface area contributed by atoms with E-state index in [1.165, 1.54) is 19.4 Å². The van der Waals surface area contributed by atoms with E-state index in [-0.39, 0.29) is 0 Å². The zero-order chi connectivity index (χ0) is 20.9. The number of hydrogen-bond acceptors (Lipinski definition) is 5. The Morgan fingerprint density at radius 3 is 2.70 bits per heavy atom. The summed E-state index contributed by atoms with van der Waals surface area (Å²) in [6.07, 6.45) is 6.15. The smallest absolute Gasteiger partial charge is 0.146 e. The van der Waals surface area contributed by atoms with Crippen LogP contribution in [0.15, 0.2) is 67.0 Å². The minimum absolute atomic E-state index is 0.449. The highest BCUT2D eigenvalue weighted by Crippen LogP contribution is 2.34. The first-order valence-corrected chi connectivity index (χ1v) is 10.6. The largest absolute Gasteiger partial charge is 0.456 e. The molecule has 1 aromatic heterocycles. The molecule has 0 amide bonds. The summed E-state index contributed by atoms with van der Waals surface area (Å²) in [5.41, 5.74) is 3.20. The summed E-state index contributed by atoms with van der Waals surface area (Å²) in [5, 5.41) is 4.31. The maximum Gasteiger partial charge on any atom is 0.146 e. The predicted octanol–water partition coefficient (Wildman–Crippen LogP) is 5.80. The monoisotopic (exact) mass is 422 g/mol. The molecule has 30 heavy (non-hydrogen) atoms. The average molecular weight is 423 g/mol. The second-order valence-electron chi connectivity index (χ2n) is 7.72. The number of anilines is 3. The molecule has 0 radical (unpaired) electrons. The lowest BCUT2D eigenvalue weighted by Crippen LogP contribution is -2.39. The molecule has 3 aromatic rings. The fraction of sp³-hybridized carbons (Fsp3) is 0.292. The zero-order valence-electron chi connectivity index (χ0n) is 17.4. The Hall–Kier alpha value is -2.76. The Morgan fingerprint density at radius 2 is 1.93 bits per heavy atom. The van der Waals surface area contributed by atoms with Crippen molar-refractivity contribution < 1.29 is 4.74 Å². The molecular formula is C24H27ClN4O. The van der Waals surface area contributed by atoms with Crippen molar-refractivity contribution in [1.82, 2.24) is 9.88 Å². The second kappa shape index (κ2) is 9.37. The number of halogens is 1. The van der Waals surface area contributed by atoms with Crippen LogP contribution in [0.25, 0.3) is 0 Å². The van der Waals surface area contributed by atoms with E-state index in [2.05, 4.69) is 40.3 Å². The fourth-order valence-electron chi connectivity index (χ4n) is 3.81. The summed E-state index contributed by atoms with van der Waals surface area (Å²) in [7, 11) is 4.23. The van der Waals surface area contributed by atoms with Crippen LogP contribution in [-0.4, -0.2) is 43.1 Å². The number of nitrogens with one attached hydrogen (secondary N) is 1. The minimum atomic E-state index is 0.449. The van der Waals surface area contributed by atoms with E-state index >= 15 is 0 Å². The summed E-state index contributed by atoms with van der Waals surface area (Å²) < 4.78 is 5.90. The van der Waals surface area contributed by atoms with Gasteiger partial charge in [0.2, 0.25) is 0 Å². The maximum atomic E-state index is 6.19. The van der Waals surface area contributed by atoms with Crippen molar-refractivity contribution in [3.63, 3.8) is 0 Å². The lowest BCUT2D eigenvalue weighted by Gasteiger charge is -2.32. The van der Waals surface area contributed by atoms with Crippen molar-refractivity contribution >= 4 is 28.7 Å². The minimum Gasteiger partial charge on any atom is -0.456 e. The van der Waals surface area contributed by atoms with Crippen molar-refractivity contribution in [1.29, 1.82) is 0 Å². The number of piperidine rings is 1. The Kier molecular flexibility index (Phi) is 6.41. The molecule has 1 saturated heterocycles. The van der Waals surface area contributed by atoms with Crippen LogP contribution in [0, 0.1) is 0 Å². The van der Waals surface area contributed by atoms with Gasteiger partial charge in [0.15, 0.2) is 0 Å². The van der Waals surface area contributed by atoms with Gasteiger partial charge in [0.25, 0.3) is 0 Å². The molecule has 1 atom stereocenters. The van der Waals surface area contributed by atoms with Crippen LogP contribution in [0.5, 0.6) is 11.5 Å². The van der Waals surface area contributed by atoms with E-state index < -0.39 is 0 Å². The molecule has 6 heteroatoms. The van der Waals surface area contributed by atoms with E-state index in [0.29, 0.717) is 16.8 Å². The Labute approximate surface area is 183 Å². The number of benzene rings is 2. The topological polar surface area (TPSA) is 40.6 Å². The molecule has 1 aliphatic heterocycles. The van der Waals surface area contributed by atoms with Crippen molar-refractivity contribution in [3.05, 3.63) is 72.0 Å². The number of rotatable bonds is 6. The number of ether oxygens (including phenoxy) is 1. The van der Waals surface area contributed by atoms with Gasteiger partial charge in [-0.1, -0.05) is 23.7 Å². The van der Waals surface area contributed by atoms with E-state index in [9.17, 15) is 0 Å². The van der Waals surface area contributed by atoms with Gasteiger partial charge in [0, 0.05) is 31.5 Å². The number of likely N-dealkylation sites (tertiary alicyclic amines) is 1. The van der Waals surface area contributed by atoms with Gasteiger partial charge in [-0.25, -0.2) is 0 Å². The Bertz CT molecular complexity index is 979. The highest BCUT2D eigenvalue weighted by molar-refractivity contribution is 6.32. The van der Waals surface area contributed by atoms with Gasteiger partial charge in [-0.3, -0.25) is 4.98 Å². The molecule has 5 nitrogen and oxygen atoms in total. The summed E-state index contributed by atoms with van der Waals surface area (Å²) in [6, 6.07) is 18.0. The molecule has 1 aliphatic rings. The van der Waals surface area contributed by atoms with Crippen LogP contribution in [0.4, 0.5) is 17.1 Å². The van der Waals surface area contributed by atoms with Gasteiger partial charge in [-0.15, -0.1) is 0 Å². The van der Waals surface area contributed by atoms with Crippen molar-refractivity contribution in [2.45, 2.75) is 18.9 Å². The average Bonchev–Trinajstić information content (AvgIpc) is 2.76. The van der Waals surface area contributed by atoms with E-state index in [0.717, 1.165) is 29.4 Å². The third kappa shape index (κ3) is 4.86. The van der Waals surface area contributed by atoms with Gasteiger partial charge in [0.1, 0.15) is 11.5 Å². The second-order valence-corrected chi connectivity index (χ2v) is 8.13. The zero-order valence-corrected chi connectivity index (χ0v) is 18.1. The molecule has 0 aliphatic carbocycles. The highest BCUT2D eigenvalue weighted by Gasteiger charge is 2.19. The normalized spacial score (nSPS) is 16.8. The van der Waals surface area contributed by atoms with E-state index in [1.807, 2.05) is 60.9 Å². The summed E-state index contributed by atoms with van der Waals surface area (Å²) in [4.78, 5) is 8.87. The first-order chi connectivity index (χ1) is 14.6. The molecule has 1 N–H and O–H groups in total. The van der Waals surface area contributed by atoms with Crippen molar-refractivity contribution in [2.24, 2.45) is 0 Å². The van der Waals surface area contributed by atoms with Gasteiger partial charge < -0.3 is 19.9 Å². The molecule has 0 spiro atoms. The molecule has 0 saturated carbocycles. The molecule has 2 heterocycles. The fourth-order valence-corrected chi connectivity index (χ4v) is 3.99. The van der Waals surface area contributed by atoms with Crippen LogP contribution in [-0.2, 0) is 0 Å². The first-order valence-electron chi connectivity index (χ1n) is 10.3. The SMILES string of the molecule is CN1CCCC(Nc2ccncc2N(C)c2ccc(Oc3ccccc3Cl)cc2)C1. The van der Waals surface area contributed by atoms with Crippen LogP contribution < -0.4 is 15.0 Å². The molecule has 1 fully saturated rings. The van der Waals surface area contributed by atoms with Crippen LogP contribution >= 0.6 is 11.6 Å². The lowest BCUT2D eigenvalue weighted by molar-refractivity contribution is 0.261.